The van der Waals surface area contributed by atoms with Crippen molar-refractivity contribution in [3.05, 3.63) is 29.8 Å². The molecule has 0 spiro atoms. The van der Waals surface area contributed by atoms with E-state index in [9.17, 15) is 22.0 Å². The Morgan fingerprint density at radius 1 is 1.27 bits per heavy atom. The number of sulfonamides is 1. The predicted octanol–water partition coefficient (Wildman–Crippen LogP) is 1.76. The molecular weight excluding hydrogens is 316 g/mol. The zero-order chi connectivity index (χ0) is 16.8. The molecule has 0 aliphatic heterocycles. The molecular formula is C13H19F2N3O3S. The minimum atomic E-state index is -3.25. The van der Waals surface area contributed by atoms with Crippen LogP contribution in [0.1, 0.15) is 13.3 Å². The second kappa shape index (κ2) is 8.04. The van der Waals surface area contributed by atoms with E-state index >= 15 is 0 Å². The number of urea groups is 1. The van der Waals surface area contributed by atoms with Gasteiger partial charge >= 0.3 is 6.03 Å². The van der Waals surface area contributed by atoms with Crippen molar-refractivity contribution in [2.24, 2.45) is 0 Å². The Hall–Kier alpha value is -1.74. The van der Waals surface area contributed by atoms with Crippen LogP contribution in [0, 0.1) is 11.6 Å². The van der Waals surface area contributed by atoms with Crippen molar-refractivity contribution < 1.29 is 22.0 Å². The van der Waals surface area contributed by atoms with Crippen LogP contribution in [0.25, 0.3) is 0 Å². The lowest BCUT2D eigenvalue weighted by Gasteiger charge is -2.17. The maximum atomic E-state index is 13.0. The number of hydrogen-bond acceptors (Lipinski definition) is 3. The molecule has 6 nitrogen and oxygen atoms in total. The Balaban J connectivity index is 2.36. The topological polar surface area (TPSA) is 78.5 Å². The summed E-state index contributed by atoms with van der Waals surface area (Å²) in [6.45, 7) is 2.63. The number of amides is 2. The van der Waals surface area contributed by atoms with E-state index in [4.69, 9.17) is 0 Å². The molecule has 124 valence electrons. The van der Waals surface area contributed by atoms with Gasteiger partial charge in [0.2, 0.25) is 10.0 Å². The number of carbonyl (C=O) groups excluding carboxylic acids is 1. The van der Waals surface area contributed by atoms with Crippen LogP contribution in [0.2, 0.25) is 0 Å². The molecule has 9 heteroatoms. The van der Waals surface area contributed by atoms with Crippen LogP contribution in [0.5, 0.6) is 0 Å². The van der Waals surface area contributed by atoms with Gasteiger partial charge in [-0.1, -0.05) is 6.92 Å². The molecule has 22 heavy (non-hydrogen) atoms. The van der Waals surface area contributed by atoms with E-state index in [0.29, 0.717) is 19.5 Å². The smallest absolute Gasteiger partial charge is 0.319 e. The van der Waals surface area contributed by atoms with Gasteiger partial charge in [-0.25, -0.2) is 26.3 Å². The molecule has 1 aromatic rings. The second-order valence-electron chi connectivity index (χ2n) is 4.62. The Kier molecular flexibility index (Phi) is 6.69. The highest BCUT2D eigenvalue weighted by Crippen LogP contribution is 2.12. The SMILES string of the molecule is CCN(CCCNC(=O)Nc1ccc(F)c(F)c1)S(C)(=O)=O. The van der Waals surface area contributed by atoms with Gasteiger partial charge in [0, 0.05) is 31.4 Å². The molecule has 0 saturated carbocycles. The summed E-state index contributed by atoms with van der Waals surface area (Å²) < 4.78 is 49.7. The Labute approximate surface area is 128 Å². The van der Waals surface area contributed by atoms with Crippen LogP contribution in [-0.2, 0) is 10.0 Å². The summed E-state index contributed by atoms with van der Waals surface area (Å²) in [7, 11) is -3.25. The monoisotopic (exact) mass is 335 g/mol. The van der Waals surface area contributed by atoms with E-state index in [1.54, 1.807) is 6.92 Å². The van der Waals surface area contributed by atoms with Crippen LogP contribution in [0.3, 0.4) is 0 Å². The first-order valence-electron chi connectivity index (χ1n) is 6.69. The first-order chi connectivity index (χ1) is 10.2. The molecule has 0 aliphatic rings. The minimum absolute atomic E-state index is 0.128. The molecule has 2 amide bonds. The quantitative estimate of drug-likeness (QED) is 0.745. The summed E-state index contributed by atoms with van der Waals surface area (Å²) in [6, 6.07) is 2.45. The van der Waals surface area contributed by atoms with Crippen LogP contribution >= 0.6 is 0 Å². The molecule has 1 rings (SSSR count). The van der Waals surface area contributed by atoms with E-state index < -0.39 is 27.7 Å². The average molecular weight is 335 g/mol. The fourth-order valence-electron chi connectivity index (χ4n) is 1.76. The third-order valence-electron chi connectivity index (χ3n) is 2.87. The highest BCUT2D eigenvalue weighted by Gasteiger charge is 2.13. The summed E-state index contributed by atoms with van der Waals surface area (Å²) in [5, 5.41) is 4.86. The fourth-order valence-corrected chi connectivity index (χ4v) is 2.69. The largest absolute Gasteiger partial charge is 0.338 e. The highest BCUT2D eigenvalue weighted by atomic mass is 32.2. The van der Waals surface area contributed by atoms with E-state index in [1.807, 2.05) is 0 Å². The van der Waals surface area contributed by atoms with Gasteiger partial charge in [-0.2, -0.15) is 0 Å². The lowest BCUT2D eigenvalue weighted by atomic mass is 10.3. The van der Waals surface area contributed by atoms with Crippen LogP contribution in [0.15, 0.2) is 18.2 Å². The first kappa shape index (κ1) is 18.3. The summed E-state index contributed by atoms with van der Waals surface area (Å²) >= 11 is 0. The maximum absolute atomic E-state index is 13.0. The molecule has 0 radical (unpaired) electrons. The Morgan fingerprint density at radius 2 is 1.95 bits per heavy atom. The van der Waals surface area contributed by atoms with E-state index in [2.05, 4.69) is 10.6 Å². The van der Waals surface area contributed by atoms with Crippen molar-refractivity contribution in [1.82, 2.24) is 9.62 Å². The van der Waals surface area contributed by atoms with Crippen LogP contribution < -0.4 is 10.6 Å². The second-order valence-corrected chi connectivity index (χ2v) is 6.60. The Bertz CT molecular complexity index is 623. The molecule has 0 atom stereocenters. The van der Waals surface area contributed by atoms with Crippen molar-refractivity contribution in [3.8, 4) is 0 Å². The lowest BCUT2D eigenvalue weighted by Crippen LogP contribution is -2.34. The van der Waals surface area contributed by atoms with E-state index in [0.717, 1.165) is 18.4 Å². The average Bonchev–Trinajstić information content (AvgIpc) is 2.41. The van der Waals surface area contributed by atoms with E-state index in [1.165, 1.54) is 10.4 Å². The van der Waals surface area contributed by atoms with Gasteiger partial charge < -0.3 is 10.6 Å². The van der Waals surface area contributed by atoms with Gasteiger partial charge in [-0.15, -0.1) is 0 Å². The van der Waals surface area contributed by atoms with Gasteiger partial charge in [0.15, 0.2) is 11.6 Å². The van der Waals surface area contributed by atoms with Gasteiger partial charge in [0.1, 0.15) is 0 Å². The number of carbonyl (C=O) groups is 1. The number of rotatable bonds is 7. The molecule has 0 heterocycles. The summed E-state index contributed by atoms with van der Waals surface area (Å²) in [5.74, 6) is -2.05. The van der Waals surface area contributed by atoms with Gasteiger partial charge in [-0.05, 0) is 18.6 Å². The fraction of sp³-hybridized carbons (Fsp3) is 0.462. The number of nitrogens with zero attached hydrogens (tertiary/aromatic N) is 1. The molecule has 0 saturated heterocycles. The zero-order valence-electron chi connectivity index (χ0n) is 12.4. The van der Waals surface area contributed by atoms with Gasteiger partial charge in [0.05, 0.1) is 6.26 Å². The number of nitrogens with one attached hydrogen (secondary N) is 2. The molecule has 0 aromatic heterocycles. The highest BCUT2D eigenvalue weighted by molar-refractivity contribution is 7.88. The standard InChI is InChI=1S/C13H19F2N3O3S/c1-3-18(22(2,20)21)8-4-7-16-13(19)17-10-5-6-11(14)12(15)9-10/h5-6,9H,3-4,7-8H2,1-2H3,(H2,16,17,19). The molecule has 0 unspecified atom stereocenters. The third-order valence-corrected chi connectivity index (χ3v) is 4.25. The minimum Gasteiger partial charge on any atom is -0.338 e. The number of benzene rings is 1. The van der Waals surface area contributed by atoms with Gasteiger partial charge in [0.25, 0.3) is 0 Å². The summed E-state index contributed by atoms with van der Waals surface area (Å²) in [6.07, 6.45) is 1.56. The van der Waals surface area contributed by atoms with Crippen molar-refractivity contribution in [2.75, 3.05) is 31.2 Å². The molecule has 0 fully saturated rings. The maximum Gasteiger partial charge on any atom is 0.319 e. The van der Waals surface area contributed by atoms with Crippen molar-refractivity contribution in [2.45, 2.75) is 13.3 Å². The molecule has 1 aromatic carbocycles. The lowest BCUT2D eigenvalue weighted by molar-refractivity contribution is 0.251. The molecule has 2 N–H and O–H groups in total. The summed E-state index contributed by atoms with van der Waals surface area (Å²) in [4.78, 5) is 11.5. The Morgan fingerprint density at radius 3 is 2.50 bits per heavy atom. The van der Waals surface area contributed by atoms with Crippen molar-refractivity contribution >= 4 is 21.7 Å². The van der Waals surface area contributed by atoms with E-state index in [-0.39, 0.29) is 12.2 Å². The number of anilines is 1. The normalized spacial score (nSPS) is 11.5. The summed E-state index contributed by atoms with van der Waals surface area (Å²) in [5.41, 5.74) is 0.128. The van der Waals surface area contributed by atoms with Gasteiger partial charge in [-0.3, -0.25) is 0 Å². The molecule has 0 aliphatic carbocycles. The molecule has 0 bridgehead atoms. The number of halogens is 2. The van der Waals surface area contributed by atoms with Crippen molar-refractivity contribution in [3.63, 3.8) is 0 Å². The van der Waals surface area contributed by atoms with Crippen molar-refractivity contribution in [1.29, 1.82) is 0 Å². The zero-order valence-corrected chi connectivity index (χ0v) is 13.2. The van der Waals surface area contributed by atoms with Crippen LogP contribution in [-0.4, -0.2) is 44.6 Å². The van der Waals surface area contributed by atoms with Crippen LogP contribution in [0.4, 0.5) is 19.3 Å². The predicted molar refractivity (Wildman–Crippen MR) is 80.1 cm³/mol. The number of hydrogen-bond donors (Lipinski definition) is 2. The first-order valence-corrected chi connectivity index (χ1v) is 8.54. The third kappa shape index (κ3) is 5.94.